The molecule has 48 heavy (non-hydrogen) atoms. The number of phosphoric acid groups is 1. The van der Waals surface area contributed by atoms with Crippen LogP contribution in [-0.2, 0) is 37.5 Å². The highest BCUT2D eigenvalue weighted by atomic mass is 31.2. The maximum atomic E-state index is 12.5. The third-order valence-corrected chi connectivity index (χ3v) is 9.11. The fourth-order valence-electron chi connectivity index (χ4n) is 5.16. The number of carbonyl (C=O) groups is 3. The molecule has 0 rings (SSSR count). The maximum absolute atomic E-state index is 12.5. The molecule has 0 heterocycles. The van der Waals surface area contributed by atoms with Crippen LogP contribution in [0.15, 0.2) is 12.7 Å². The standard InChI is InChI=1S/C36H68NO10P/c1-3-5-7-9-11-13-14-15-16-17-18-20-22-24-26-28-35(39)47-32(30-45-48(42,43)46-31-33(37)36(40)41)29-44-34(38)27-25-23-21-19-12-10-8-6-4-2/h3,32-33H,1,4-31,37H2,2H3,(H,40,41)(H,42,43)/t32-,33-/m0/s1. The van der Waals surface area contributed by atoms with Gasteiger partial charge in [-0.05, 0) is 25.7 Å². The number of esters is 2. The Bertz CT molecular complexity index is 872. The van der Waals surface area contributed by atoms with Gasteiger partial charge in [0, 0.05) is 12.8 Å². The molecule has 0 fully saturated rings. The van der Waals surface area contributed by atoms with Crippen LogP contribution in [0.3, 0.4) is 0 Å². The van der Waals surface area contributed by atoms with E-state index in [-0.39, 0.29) is 19.4 Å². The Kier molecular flexibility index (Phi) is 31.2. The van der Waals surface area contributed by atoms with Crippen molar-refractivity contribution >= 4 is 25.7 Å². The lowest BCUT2D eigenvalue weighted by molar-refractivity contribution is -0.161. The molecule has 0 saturated heterocycles. The number of hydrogen-bond acceptors (Lipinski definition) is 9. The van der Waals surface area contributed by atoms with E-state index in [9.17, 15) is 23.8 Å². The van der Waals surface area contributed by atoms with Gasteiger partial charge in [0.25, 0.3) is 0 Å². The number of nitrogens with two attached hydrogens (primary N) is 1. The van der Waals surface area contributed by atoms with Gasteiger partial charge in [0.1, 0.15) is 12.6 Å². The summed E-state index contributed by atoms with van der Waals surface area (Å²) in [5.41, 5.74) is 5.31. The molecule has 0 aliphatic carbocycles. The largest absolute Gasteiger partial charge is 0.480 e. The molecule has 0 aromatic carbocycles. The van der Waals surface area contributed by atoms with Gasteiger partial charge in [0.15, 0.2) is 6.10 Å². The van der Waals surface area contributed by atoms with E-state index in [1.807, 2.05) is 6.08 Å². The van der Waals surface area contributed by atoms with E-state index in [1.54, 1.807) is 0 Å². The van der Waals surface area contributed by atoms with Crippen molar-refractivity contribution < 1.29 is 47.5 Å². The number of rotatable bonds is 36. The quantitative estimate of drug-likeness (QED) is 0.0246. The second-order valence-corrected chi connectivity index (χ2v) is 14.3. The molecule has 282 valence electrons. The summed E-state index contributed by atoms with van der Waals surface area (Å²) in [6.45, 7) is 4.28. The first-order valence-electron chi connectivity index (χ1n) is 18.7. The molecule has 0 aromatic heterocycles. The van der Waals surface area contributed by atoms with Gasteiger partial charge >= 0.3 is 25.7 Å². The van der Waals surface area contributed by atoms with Crippen LogP contribution in [0.2, 0.25) is 0 Å². The minimum Gasteiger partial charge on any atom is -0.480 e. The molecule has 0 aliphatic heterocycles. The summed E-state index contributed by atoms with van der Waals surface area (Å²) in [7, 11) is -4.70. The Labute approximate surface area is 290 Å². The van der Waals surface area contributed by atoms with Crippen LogP contribution in [0, 0.1) is 0 Å². The molecule has 12 heteroatoms. The van der Waals surface area contributed by atoms with Gasteiger partial charge in [-0.15, -0.1) is 6.58 Å². The summed E-state index contributed by atoms with van der Waals surface area (Å²) in [6.07, 6.45) is 27.5. The fraction of sp³-hybridized carbons (Fsp3) is 0.861. The van der Waals surface area contributed by atoms with Crippen molar-refractivity contribution in [2.45, 2.75) is 180 Å². The first-order valence-corrected chi connectivity index (χ1v) is 20.2. The van der Waals surface area contributed by atoms with E-state index < -0.39 is 51.1 Å². The lowest BCUT2D eigenvalue weighted by atomic mass is 10.0. The van der Waals surface area contributed by atoms with E-state index in [4.69, 9.17) is 24.8 Å². The number of phosphoric ester groups is 1. The van der Waals surface area contributed by atoms with Crippen LogP contribution in [0.25, 0.3) is 0 Å². The van der Waals surface area contributed by atoms with Crippen molar-refractivity contribution in [3.63, 3.8) is 0 Å². The third kappa shape index (κ3) is 31.5. The van der Waals surface area contributed by atoms with Gasteiger partial charge in [0.05, 0.1) is 13.2 Å². The molecule has 3 atom stereocenters. The molecule has 0 aromatic rings. The van der Waals surface area contributed by atoms with Crippen LogP contribution in [0.5, 0.6) is 0 Å². The molecule has 0 aliphatic rings. The van der Waals surface area contributed by atoms with Crippen molar-refractivity contribution in [3.05, 3.63) is 12.7 Å². The summed E-state index contributed by atoms with van der Waals surface area (Å²) in [5.74, 6) is -2.38. The Hall–Kier alpha value is -1.78. The summed E-state index contributed by atoms with van der Waals surface area (Å²) < 4.78 is 32.5. The van der Waals surface area contributed by atoms with E-state index in [0.717, 1.165) is 44.9 Å². The normalized spacial score (nSPS) is 13.8. The number of allylic oxidation sites excluding steroid dienone is 1. The van der Waals surface area contributed by atoms with Crippen molar-refractivity contribution in [1.29, 1.82) is 0 Å². The summed E-state index contributed by atoms with van der Waals surface area (Å²) in [4.78, 5) is 45.6. The number of unbranched alkanes of at least 4 members (excludes halogenated alkanes) is 21. The molecule has 0 saturated carbocycles. The first-order chi connectivity index (χ1) is 23.1. The van der Waals surface area contributed by atoms with Crippen molar-refractivity contribution in [3.8, 4) is 0 Å². The second kappa shape index (κ2) is 32.4. The van der Waals surface area contributed by atoms with Gasteiger partial charge < -0.3 is 25.2 Å². The van der Waals surface area contributed by atoms with E-state index in [2.05, 4.69) is 18.0 Å². The lowest BCUT2D eigenvalue weighted by Gasteiger charge is -2.20. The average Bonchev–Trinajstić information content (AvgIpc) is 3.05. The van der Waals surface area contributed by atoms with Crippen molar-refractivity contribution in [1.82, 2.24) is 0 Å². The Morgan fingerprint density at radius 1 is 0.667 bits per heavy atom. The van der Waals surface area contributed by atoms with Gasteiger partial charge in [-0.25, -0.2) is 4.57 Å². The Morgan fingerprint density at radius 2 is 1.08 bits per heavy atom. The van der Waals surface area contributed by atoms with E-state index >= 15 is 0 Å². The number of carboxylic acids is 1. The molecule has 11 nitrogen and oxygen atoms in total. The minimum atomic E-state index is -4.70. The highest BCUT2D eigenvalue weighted by Gasteiger charge is 2.28. The predicted octanol–water partition coefficient (Wildman–Crippen LogP) is 8.95. The highest BCUT2D eigenvalue weighted by molar-refractivity contribution is 7.47. The monoisotopic (exact) mass is 705 g/mol. The van der Waals surface area contributed by atoms with Crippen LogP contribution < -0.4 is 5.73 Å². The summed E-state index contributed by atoms with van der Waals surface area (Å²) >= 11 is 0. The molecule has 0 radical (unpaired) electrons. The summed E-state index contributed by atoms with van der Waals surface area (Å²) in [6, 6.07) is -1.52. The van der Waals surface area contributed by atoms with Gasteiger partial charge in [-0.3, -0.25) is 23.4 Å². The van der Waals surface area contributed by atoms with Crippen LogP contribution in [0.4, 0.5) is 0 Å². The number of hydrogen-bond donors (Lipinski definition) is 3. The number of aliphatic carboxylic acids is 1. The first kappa shape index (κ1) is 46.2. The van der Waals surface area contributed by atoms with Crippen molar-refractivity contribution in [2.24, 2.45) is 5.73 Å². The molecule has 0 spiro atoms. The van der Waals surface area contributed by atoms with Crippen LogP contribution in [0.1, 0.15) is 167 Å². The van der Waals surface area contributed by atoms with Gasteiger partial charge in [0.2, 0.25) is 0 Å². The van der Waals surface area contributed by atoms with E-state index in [1.165, 1.54) is 89.9 Å². The molecular formula is C36H68NO10P. The van der Waals surface area contributed by atoms with Crippen molar-refractivity contribution in [2.75, 3.05) is 19.8 Å². The number of carboxylic acid groups (broad SMARTS) is 1. The van der Waals surface area contributed by atoms with Gasteiger partial charge in [-0.1, -0.05) is 135 Å². The van der Waals surface area contributed by atoms with Gasteiger partial charge in [-0.2, -0.15) is 0 Å². The number of carbonyl (C=O) groups excluding carboxylic acids is 2. The average molecular weight is 706 g/mol. The molecule has 4 N–H and O–H groups in total. The smallest absolute Gasteiger partial charge is 0.472 e. The predicted molar refractivity (Wildman–Crippen MR) is 189 cm³/mol. The van der Waals surface area contributed by atoms with Crippen LogP contribution in [-0.4, -0.2) is 59.9 Å². The second-order valence-electron chi connectivity index (χ2n) is 12.8. The maximum Gasteiger partial charge on any atom is 0.472 e. The zero-order chi connectivity index (χ0) is 35.7. The summed E-state index contributed by atoms with van der Waals surface area (Å²) in [5, 5.41) is 8.84. The highest BCUT2D eigenvalue weighted by Crippen LogP contribution is 2.43. The molecule has 0 amide bonds. The topological polar surface area (TPSA) is 172 Å². The molecule has 1 unspecified atom stereocenters. The van der Waals surface area contributed by atoms with E-state index in [0.29, 0.717) is 12.8 Å². The zero-order valence-corrected chi connectivity index (χ0v) is 30.8. The molecular weight excluding hydrogens is 637 g/mol. The molecule has 0 bridgehead atoms. The number of ether oxygens (including phenoxy) is 2. The zero-order valence-electron chi connectivity index (χ0n) is 29.9. The van der Waals surface area contributed by atoms with Crippen LogP contribution >= 0.6 is 7.82 Å². The fourth-order valence-corrected chi connectivity index (χ4v) is 5.94. The Morgan fingerprint density at radius 3 is 1.54 bits per heavy atom. The Balaban J connectivity index is 4.39. The lowest BCUT2D eigenvalue weighted by Crippen LogP contribution is -2.34. The minimum absolute atomic E-state index is 0.163. The third-order valence-electron chi connectivity index (χ3n) is 8.16. The SMILES string of the molecule is C=CCCCCCCCCCCCCCCCC(=O)O[C@@H](COC(=O)CCCCCCCCCCC)COP(=O)(O)OC[C@H](N)C(=O)O.